The van der Waals surface area contributed by atoms with Gasteiger partial charge in [-0.3, -0.25) is 9.59 Å². The highest BCUT2D eigenvalue weighted by molar-refractivity contribution is 6.30. The summed E-state index contributed by atoms with van der Waals surface area (Å²) in [4.78, 5) is 26.2. The fourth-order valence-electron chi connectivity index (χ4n) is 2.56. The molecule has 21 heavy (non-hydrogen) atoms. The van der Waals surface area contributed by atoms with Crippen LogP contribution in [0.25, 0.3) is 0 Å². The van der Waals surface area contributed by atoms with Crippen LogP contribution in [0.2, 0.25) is 5.02 Å². The number of halogens is 1. The number of nitrogens with zero attached hydrogens (tertiary/aromatic N) is 1. The average molecular weight is 310 g/mol. The molecule has 114 valence electrons. The van der Waals surface area contributed by atoms with Gasteiger partial charge in [-0.2, -0.15) is 0 Å². The third-order valence-corrected chi connectivity index (χ3v) is 4.01. The smallest absolute Gasteiger partial charge is 0.251 e. The first-order valence-corrected chi connectivity index (χ1v) is 7.47. The third-order valence-electron chi connectivity index (χ3n) is 3.76. The van der Waals surface area contributed by atoms with E-state index >= 15 is 0 Å². The highest BCUT2D eigenvalue weighted by Gasteiger charge is 2.31. The maximum absolute atomic E-state index is 12.4. The summed E-state index contributed by atoms with van der Waals surface area (Å²) >= 11 is 5.79. The summed E-state index contributed by atoms with van der Waals surface area (Å²) in [5.74, 6) is -0.360. The van der Waals surface area contributed by atoms with Gasteiger partial charge in [0.15, 0.2) is 0 Å². The van der Waals surface area contributed by atoms with Gasteiger partial charge in [-0.1, -0.05) is 11.6 Å². The number of carbonyl (C=O) groups is 2. The number of benzene rings is 1. The van der Waals surface area contributed by atoms with Crippen molar-refractivity contribution >= 4 is 23.4 Å². The number of hydrogen-bond donors (Lipinski definition) is 2. The molecule has 0 bridgehead atoms. The zero-order valence-corrected chi connectivity index (χ0v) is 12.8. The molecule has 1 aliphatic rings. The van der Waals surface area contributed by atoms with E-state index < -0.39 is 6.04 Å². The number of rotatable bonds is 4. The summed E-state index contributed by atoms with van der Waals surface area (Å²) in [5.41, 5.74) is 6.16. The molecular formula is C15H20ClN3O2. The fourth-order valence-corrected chi connectivity index (χ4v) is 2.69. The molecule has 6 heteroatoms. The van der Waals surface area contributed by atoms with Crippen LogP contribution < -0.4 is 11.1 Å². The van der Waals surface area contributed by atoms with E-state index in [4.69, 9.17) is 17.3 Å². The van der Waals surface area contributed by atoms with Gasteiger partial charge in [0, 0.05) is 29.7 Å². The van der Waals surface area contributed by atoms with Crippen LogP contribution >= 0.6 is 11.6 Å². The van der Waals surface area contributed by atoms with E-state index in [0.29, 0.717) is 23.7 Å². The molecule has 5 nitrogen and oxygen atoms in total. The molecule has 1 aromatic rings. The molecule has 0 spiro atoms. The monoisotopic (exact) mass is 309 g/mol. The molecule has 0 saturated carbocycles. The Morgan fingerprint density at radius 2 is 2.10 bits per heavy atom. The number of amides is 2. The Hall–Kier alpha value is -1.59. The van der Waals surface area contributed by atoms with Crippen LogP contribution in [0.4, 0.5) is 0 Å². The van der Waals surface area contributed by atoms with E-state index in [1.165, 1.54) is 0 Å². The lowest BCUT2D eigenvalue weighted by Crippen LogP contribution is -2.50. The second-order valence-corrected chi connectivity index (χ2v) is 5.70. The zero-order chi connectivity index (χ0) is 15.4. The van der Waals surface area contributed by atoms with Gasteiger partial charge in [-0.15, -0.1) is 0 Å². The molecule has 2 unspecified atom stereocenters. The van der Waals surface area contributed by atoms with Crippen molar-refractivity contribution in [1.29, 1.82) is 0 Å². The van der Waals surface area contributed by atoms with E-state index in [0.717, 1.165) is 12.8 Å². The van der Waals surface area contributed by atoms with E-state index in [2.05, 4.69) is 5.32 Å². The van der Waals surface area contributed by atoms with E-state index in [1.54, 1.807) is 36.1 Å². The lowest BCUT2D eigenvalue weighted by atomic mass is 10.2. The highest BCUT2D eigenvalue weighted by Crippen LogP contribution is 2.17. The Balaban J connectivity index is 1.97. The van der Waals surface area contributed by atoms with Gasteiger partial charge < -0.3 is 16.0 Å². The molecule has 1 fully saturated rings. The SMILES string of the molecule is CC(NC(=O)c1ccc(Cl)cc1)C(=O)N1CCCC1CN. The Morgan fingerprint density at radius 3 is 2.71 bits per heavy atom. The average Bonchev–Trinajstić information content (AvgIpc) is 2.95. The second-order valence-electron chi connectivity index (χ2n) is 5.27. The standard InChI is InChI=1S/C15H20ClN3O2/c1-10(15(21)19-8-2-3-13(19)9-17)18-14(20)11-4-6-12(16)7-5-11/h4-7,10,13H,2-3,8-9,17H2,1H3,(H,18,20). The number of likely N-dealkylation sites (tertiary alicyclic amines) is 1. The zero-order valence-electron chi connectivity index (χ0n) is 12.0. The number of nitrogens with two attached hydrogens (primary N) is 1. The van der Waals surface area contributed by atoms with Crippen LogP contribution in [0.3, 0.4) is 0 Å². The summed E-state index contributed by atoms with van der Waals surface area (Å²) in [6.45, 7) is 2.87. The number of nitrogens with one attached hydrogen (secondary N) is 1. The predicted octanol–water partition coefficient (Wildman–Crippen LogP) is 1.41. The van der Waals surface area contributed by atoms with Crippen LogP contribution in [0.1, 0.15) is 30.1 Å². The van der Waals surface area contributed by atoms with E-state index in [1.807, 2.05) is 0 Å². The van der Waals surface area contributed by atoms with Gasteiger partial charge in [-0.25, -0.2) is 0 Å². The fraction of sp³-hybridized carbons (Fsp3) is 0.467. The minimum Gasteiger partial charge on any atom is -0.341 e. The molecule has 2 amide bonds. The van der Waals surface area contributed by atoms with Crippen LogP contribution in [-0.2, 0) is 4.79 Å². The van der Waals surface area contributed by atoms with Crippen molar-refractivity contribution in [3.8, 4) is 0 Å². The quantitative estimate of drug-likeness (QED) is 0.883. The van der Waals surface area contributed by atoms with E-state index in [-0.39, 0.29) is 17.9 Å². The van der Waals surface area contributed by atoms with Crippen LogP contribution in [0.15, 0.2) is 24.3 Å². The van der Waals surface area contributed by atoms with Gasteiger partial charge in [0.2, 0.25) is 5.91 Å². The first-order chi connectivity index (χ1) is 10.0. The summed E-state index contributed by atoms with van der Waals surface area (Å²) in [5, 5.41) is 3.29. The Kier molecular flexibility index (Phi) is 5.20. The normalized spacial score (nSPS) is 19.4. The van der Waals surface area contributed by atoms with Gasteiger partial charge in [-0.05, 0) is 44.0 Å². The predicted molar refractivity (Wildman–Crippen MR) is 82.2 cm³/mol. The maximum atomic E-state index is 12.4. The van der Waals surface area contributed by atoms with Gasteiger partial charge in [0.05, 0.1) is 0 Å². The molecule has 2 rings (SSSR count). The summed E-state index contributed by atoms with van der Waals surface area (Å²) in [6, 6.07) is 6.08. The molecule has 3 N–H and O–H groups in total. The molecular weight excluding hydrogens is 290 g/mol. The van der Waals surface area contributed by atoms with Crippen molar-refractivity contribution in [2.45, 2.75) is 31.8 Å². The van der Waals surface area contributed by atoms with E-state index in [9.17, 15) is 9.59 Å². The van der Waals surface area contributed by atoms with Crippen LogP contribution in [0.5, 0.6) is 0 Å². The molecule has 2 atom stereocenters. The Labute approximate surface area is 129 Å². The van der Waals surface area contributed by atoms with Gasteiger partial charge in [0.1, 0.15) is 6.04 Å². The minimum atomic E-state index is -0.569. The largest absolute Gasteiger partial charge is 0.341 e. The summed E-state index contributed by atoms with van der Waals surface area (Å²) in [6.07, 6.45) is 1.89. The second kappa shape index (κ2) is 6.91. The van der Waals surface area contributed by atoms with Crippen LogP contribution in [-0.4, -0.2) is 41.9 Å². The van der Waals surface area contributed by atoms with Crippen molar-refractivity contribution in [3.63, 3.8) is 0 Å². The van der Waals surface area contributed by atoms with Crippen molar-refractivity contribution in [1.82, 2.24) is 10.2 Å². The molecule has 0 aromatic heterocycles. The van der Waals surface area contributed by atoms with Crippen molar-refractivity contribution < 1.29 is 9.59 Å². The first kappa shape index (κ1) is 15.8. The lowest BCUT2D eigenvalue weighted by molar-refractivity contribution is -0.133. The first-order valence-electron chi connectivity index (χ1n) is 7.10. The molecule has 1 saturated heterocycles. The van der Waals surface area contributed by atoms with Gasteiger partial charge >= 0.3 is 0 Å². The third kappa shape index (κ3) is 3.74. The number of carbonyl (C=O) groups excluding carboxylic acids is 2. The molecule has 1 aliphatic heterocycles. The molecule has 0 radical (unpaired) electrons. The van der Waals surface area contributed by atoms with Crippen molar-refractivity contribution in [2.24, 2.45) is 5.73 Å². The highest BCUT2D eigenvalue weighted by atomic mass is 35.5. The topological polar surface area (TPSA) is 75.4 Å². The summed E-state index contributed by atoms with van der Waals surface area (Å²) < 4.78 is 0. The number of hydrogen-bond acceptors (Lipinski definition) is 3. The Morgan fingerprint density at radius 1 is 1.43 bits per heavy atom. The maximum Gasteiger partial charge on any atom is 0.251 e. The molecule has 0 aliphatic carbocycles. The minimum absolute atomic E-state index is 0.0785. The lowest BCUT2D eigenvalue weighted by Gasteiger charge is -2.27. The Bertz CT molecular complexity index is 518. The molecule has 1 heterocycles. The summed E-state index contributed by atoms with van der Waals surface area (Å²) in [7, 11) is 0. The van der Waals surface area contributed by atoms with Crippen molar-refractivity contribution in [3.05, 3.63) is 34.9 Å². The van der Waals surface area contributed by atoms with Crippen LogP contribution in [0, 0.1) is 0 Å². The van der Waals surface area contributed by atoms with Crippen molar-refractivity contribution in [2.75, 3.05) is 13.1 Å². The molecule has 1 aromatic carbocycles. The van der Waals surface area contributed by atoms with Gasteiger partial charge in [0.25, 0.3) is 5.91 Å².